The van der Waals surface area contributed by atoms with Crippen LogP contribution in [0.25, 0.3) is 0 Å². The zero-order chi connectivity index (χ0) is 13.0. The molecule has 2 aromatic heterocycles. The minimum atomic E-state index is -0.202. The Morgan fingerprint density at radius 2 is 2.44 bits per heavy atom. The predicted octanol–water partition coefficient (Wildman–Crippen LogP) is 0.725. The van der Waals surface area contributed by atoms with Crippen molar-refractivity contribution in [3.63, 3.8) is 0 Å². The van der Waals surface area contributed by atoms with E-state index < -0.39 is 0 Å². The molecule has 8 heteroatoms. The lowest BCUT2D eigenvalue weighted by atomic mass is 10.4. The molecule has 0 spiro atoms. The number of hydrogen-bond donors (Lipinski definition) is 2. The average molecular weight is 330 g/mol. The number of halogens is 1. The van der Waals surface area contributed by atoms with E-state index in [0.717, 1.165) is 4.47 Å². The van der Waals surface area contributed by atoms with Gasteiger partial charge >= 0.3 is 0 Å². The smallest absolute Gasteiger partial charge is 0.234 e. The van der Waals surface area contributed by atoms with Crippen molar-refractivity contribution in [3.05, 3.63) is 32.7 Å². The number of nitrogens with one attached hydrogen (secondary N) is 1. The summed E-state index contributed by atoms with van der Waals surface area (Å²) in [7, 11) is 0. The first-order valence-corrected chi connectivity index (χ1v) is 6.93. The van der Waals surface area contributed by atoms with Crippen molar-refractivity contribution in [3.8, 4) is 0 Å². The molecule has 0 radical (unpaired) electrons. The molecule has 0 fully saturated rings. The SMILES string of the molecule is NCC(=O)NCc1cn(Cc2cc(Br)cs2)nn1. The van der Waals surface area contributed by atoms with Crippen LogP contribution in [0.1, 0.15) is 10.6 Å². The Morgan fingerprint density at radius 1 is 1.61 bits per heavy atom. The average Bonchev–Trinajstić information content (AvgIpc) is 2.96. The summed E-state index contributed by atoms with van der Waals surface area (Å²) in [6.45, 7) is 1.01. The van der Waals surface area contributed by atoms with E-state index in [4.69, 9.17) is 5.73 Å². The van der Waals surface area contributed by atoms with Gasteiger partial charge in [0, 0.05) is 14.7 Å². The zero-order valence-electron chi connectivity index (χ0n) is 9.47. The third-order valence-electron chi connectivity index (χ3n) is 2.18. The van der Waals surface area contributed by atoms with Gasteiger partial charge in [0.15, 0.2) is 0 Å². The fourth-order valence-corrected chi connectivity index (χ4v) is 2.80. The highest BCUT2D eigenvalue weighted by Gasteiger charge is 2.04. The molecule has 0 saturated heterocycles. The fraction of sp³-hybridized carbons (Fsp3) is 0.300. The van der Waals surface area contributed by atoms with E-state index in [-0.39, 0.29) is 12.5 Å². The first kappa shape index (κ1) is 13.2. The number of nitrogens with zero attached hydrogens (tertiary/aromatic N) is 3. The Kier molecular flexibility index (Phi) is 4.45. The highest BCUT2D eigenvalue weighted by Crippen LogP contribution is 2.20. The van der Waals surface area contributed by atoms with Gasteiger partial charge in [0.25, 0.3) is 0 Å². The first-order valence-electron chi connectivity index (χ1n) is 5.26. The van der Waals surface area contributed by atoms with Crippen LogP contribution in [-0.2, 0) is 17.9 Å². The molecule has 2 rings (SSSR count). The minimum Gasteiger partial charge on any atom is -0.349 e. The minimum absolute atomic E-state index is 0.0165. The Morgan fingerprint density at radius 3 is 3.11 bits per heavy atom. The lowest BCUT2D eigenvalue weighted by molar-refractivity contribution is -0.119. The number of carbonyl (C=O) groups is 1. The summed E-state index contributed by atoms with van der Waals surface area (Å²) in [4.78, 5) is 12.2. The van der Waals surface area contributed by atoms with Crippen LogP contribution in [0, 0.1) is 0 Å². The van der Waals surface area contributed by atoms with E-state index in [1.807, 2.05) is 17.6 Å². The van der Waals surface area contributed by atoms with Crippen LogP contribution >= 0.6 is 27.3 Å². The predicted molar refractivity (Wildman–Crippen MR) is 72.0 cm³/mol. The molecule has 96 valence electrons. The molecule has 3 N–H and O–H groups in total. The summed E-state index contributed by atoms with van der Waals surface area (Å²) in [6.07, 6.45) is 1.81. The van der Waals surface area contributed by atoms with Crippen LogP contribution in [0.4, 0.5) is 0 Å². The molecule has 2 heterocycles. The number of nitrogens with two attached hydrogens (primary N) is 1. The summed E-state index contributed by atoms with van der Waals surface area (Å²) < 4.78 is 2.81. The molecule has 0 aliphatic rings. The number of hydrogen-bond acceptors (Lipinski definition) is 5. The van der Waals surface area contributed by atoms with Crippen LogP contribution in [0.2, 0.25) is 0 Å². The van der Waals surface area contributed by atoms with Crippen molar-refractivity contribution < 1.29 is 4.79 Å². The van der Waals surface area contributed by atoms with E-state index >= 15 is 0 Å². The van der Waals surface area contributed by atoms with E-state index in [2.05, 4.69) is 31.6 Å². The molecule has 1 amide bonds. The largest absolute Gasteiger partial charge is 0.349 e. The van der Waals surface area contributed by atoms with Crippen LogP contribution in [0.15, 0.2) is 22.1 Å². The van der Waals surface area contributed by atoms with Crippen molar-refractivity contribution in [2.24, 2.45) is 5.73 Å². The molecule has 0 aliphatic heterocycles. The summed E-state index contributed by atoms with van der Waals surface area (Å²) >= 11 is 5.06. The van der Waals surface area contributed by atoms with Crippen LogP contribution in [0.3, 0.4) is 0 Å². The quantitative estimate of drug-likeness (QED) is 0.846. The standard InChI is InChI=1S/C10H12BrN5OS/c11-7-1-9(18-6-7)5-16-4-8(14-15-16)3-13-10(17)2-12/h1,4,6H,2-3,5,12H2,(H,13,17). The van der Waals surface area contributed by atoms with Gasteiger partial charge in [0.1, 0.15) is 5.69 Å². The van der Waals surface area contributed by atoms with Gasteiger partial charge in [-0.05, 0) is 22.0 Å². The Balaban J connectivity index is 1.91. The summed E-state index contributed by atoms with van der Waals surface area (Å²) in [6, 6.07) is 2.04. The molecule has 0 aliphatic carbocycles. The van der Waals surface area contributed by atoms with E-state index in [0.29, 0.717) is 18.8 Å². The summed E-state index contributed by atoms with van der Waals surface area (Å²) in [5.74, 6) is -0.202. The molecule has 2 aromatic rings. The van der Waals surface area contributed by atoms with E-state index in [1.54, 1.807) is 16.0 Å². The summed E-state index contributed by atoms with van der Waals surface area (Å²) in [5, 5.41) is 12.6. The molecule has 18 heavy (non-hydrogen) atoms. The second-order valence-electron chi connectivity index (χ2n) is 3.62. The second-order valence-corrected chi connectivity index (χ2v) is 5.53. The van der Waals surface area contributed by atoms with Crippen molar-refractivity contribution >= 4 is 33.2 Å². The lowest BCUT2D eigenvalue weighted by Crippen LogP contribution is -2.29. The van der Waals surface area contributed by atoms with Gasteiger partial charge in [-0.1, -0.05) is 5.21 Å². The van der Waals surface area contributed by atoms with E-state index in [9.17, 15) is 4.79 Å². The van der Waals surface area contributed by atoms with Gasteiger partial charge in [-0.3, -0.25) is 4.79 Å². The van der Waals surface area contributed by atoms with Gasteiger partial charge in [0.05, 0.1) is 25.8 Å². The highest BCUT2D eigenvalue weighted by atomic mass is 79.9. The van der Waals surface area contributed by atoms with Crippen molar-refractivity contribution in [2.75, 3.05) is 6.54 Å². The van der Waals surface area contributed by atoms with Crippen LogP contribution in [-0.4, -0.2) is 27.4 Å². The fourth-order valence-electron chi connectivity index (χ4n) is 1.35. The number of rotatable bonds is 5. The van der Waals surface area contributed by atoms with Gasteiger partial charge < -0.3 is 11.1 Å². The third kappa shape index (κ3) is 3.62. The molecule has 0 atom stereocenters. The van der Waals surface area contributed by atoms with Crippen molar-refractivity contribution in [2.45, 2.75) is 13.1 Å². The number of thiophene rings is 1. The normalized spacial score (nSPS) is 10.6. The van der Waals surface area contributed by atoms with Gasteiger partial charge in [-0.2, -0.15) is 0 Å². The molecule has 6 nitrogen and oxygen atoms in total. The molecule has 0 bridgehead atoms. The zero-order valence-corrected chi connectivity index (χ0v) is 11.9. The molecule has 0 saturated carbocycles. The monoisotopic (exact) mass is 329 g/mol. The van der Waals surface area contributed by atoms with Gasteiger partial charge in [-0.15, -0.1) is 16.4 Å². The van der Waals surface area contributed by atoms with Gasteiger partial charge in [0.2, 0.25) is 5.91 Å². The van der Waals surface area contributed by atoms with Crippen LogP contribution < -0.4 is 11.1 Å². The van der Waals surface area contributed by atoms with E-state index in [1.165, 1.54) is 4.88 Å². The lowest BCUT2D eigenvalue weighted by Gasteiger charge is -1.98. The number of aromatic nitrogens is 3. The van der Waals surface area contributed by atoms with Crippen molar-refractivity contribution in [1.82, 2.24) is 20.3 Å². The molecule has 0 unspecified atom stereocenters. The molecule has 0 aromatic carbocycles. The topological polar surface area (TPSA) is 85.8 Å². The Labute approximate surface area is 116 Å². The van der Waals surface area contributed by atoms with Crippen molar-refractivity contribution in [1.29, 1.82) is 0 Å². The Bertz CT molecular complexity index is 538. The Hall–Kier alpha value is -1.25. The molecular weight excluding hydrogens is 318 g/mol. The maximum absolute atomic E-state index is 11.0. The second kappa shape index (κ2) is 6.07. The van der Waals surface area contributed by atoms with Crippen LogP contribution in [0.5, 0.6) is 0 Å². The number of amides is 1. The first-order chi connectivity index (χ1) is 8.67. The summed E-state index contributed by atoms with van der Waals surface area (Å²) in [5.41, 5.74) is 5.90. The molecular formula is C10H12BrN5OS. The number of carbonyl (C=O) groups excluding carboxylic acids is 1. The maximum atomic E-state index is 11.0. The van der Waals surface area contributed by atoms with Gasteiger partial charge in [-0.25, -0.2) is 4.68 Å². The third-order valence-corrected chi connectivity index (χ3v) is 3.86. The maximum Gasteiger partial charge on any atom is 0.234 e. The highest BCUT2D eigenvalue weighted by molar-refractivity contribution is 9.10.